The van der Waals surface area contributed by atoms with E-state index in [2.05, 4.69) is 39.5 Å². The van der Waals surface area contributed by atoms with E-state index < -0.39 is 0 Å². The number of rotatable bonds is 5. The van der Waals surface area contributed by atoms with Gasteiger partial charge in [0.1, 0.15) is 0 Å². The molecular weight excluding hydrogens is 382 g/mol. The number of benzene rings is 2. The molecule has 136 valence electrons. The third-order valence-electron chi connectivity index (χ3n) is 3.89. The fourth-order valence-electron chi connectivity index (χ4n) is 2.68. The second-order valence-corrected chi connectivity index (χ2v) is 7.37. The van der Waals surface area contributed by atoms with Crippen molar-refractivity contribution in [1.29, 1.82) is 0 Å². The molecule has 2 heterocycles. The van der Waals surface area contributed by atoms with Crippen molar-refractivity contribution in [3.8, 4) is 17.1 Å². The van der Waals surface area contributed by atoms with E-state index in [1.807, 2.05) is 41.0 Å². The van der Waals surface area contributed by atoms with Gasteiger partial charge >= 0.3 is 0 Å². The van der Waals surface area contributed by atoms with E-state index in [-0.39, 0.29) is 0 Å². The van der Waals surface area contributed by atoms with E-state index in [4.69, 9.17) is 16.0 Å². The van der Waals surface area contributed by atoms with Crippen molar-refractivity contribution in [3.05, 3.63) is 70.9 Å². The highest BCUT2D eigenvalue weighted by Gasteiger charge is 2.17. The Labute approximate surface area is 165 Å². The Morgan fingerprint density at radius 1 is 1.00 bits per heavy atom. The quantitative estimate of drug-likeness (QED) is 0.447. The van der Waals surface area contributed by atoms with Gasteiger partial charge in [-0.2, -0.15) is 0 Å². The zero-order chi connectivity index (χ0) is 18.8. The lowest BCUT2D eigenvalue weighted by atomic mass is 10.1. The molecule has 0 saturated heterocycles. The Balaban J connectivity index is 1.75. The minimum absolute atomic E-state index is 0.514. The molecule has 0 bridgehead atoms. The summed E-state index contributed by atoms with van der Waals surface area (Å²) in [5, 5.41) is 18.2. The normalized spacial score (nSPS) is 11.1. The molecule has 0 aliphatic carbocycles. The first-order valence-corrected chi connectivity index (χ1v) is 9.67. The monoisotopic (exact) mass is 397 g/mol. The Kier molecular flexibility index (Phi) is 4.96. The molecule has 0 radical (unpaired) electrons. The Morgan fingerprint density at radius 2 is 1.81 bits per heavy atom. The molecule has 0 N–H and O–H groups in total. The summed E-state index contributed by atoms with van der Waals surface area (Å²) in [5.41, 5.74) is 3.09. The van der Waals surface area contributed by atoms with Gasteiger partial charge in [0.25, 0.3) is 0 Å². The molecular formula is C19H16ClN5OS. The number of aromatic nitrogens is 5. The van der Waals surface area contributed by atoms with Crippen molar-refractivity contribution in [3.63, 3.8) is 0 Å². The van der Waals surface area contributed by atoms with E-state index in [0.717, 1.165) is 27.8 Å². The molecule has 0 fully saturated rings. The molecule has 0 amide bonds. The molecule has 0 aliphatic rings. The molecule has 6 nitrogen and oxygen atoms in total. The highest BCUT2D eigenvalue weighted by atomic mass is 35.5. The number of nitrogens with zero attached hydrogens (tertiary/aromatic N) is 5. The van der Waals surface area contributed by atoms with Crippen LogP contribution in [0.4, 0.5) is 0 Å². The highest BCUT2D eigenvalue weighted by molar-refractivity contribution is 7.98. The molecule has 27 heavy (non-hydrogen) atoms. The fourth-order valence-corrected chi connectivity index (χ4v) is 3.59. The van der Waals surface area contributed by atoms with Crippen molar-refractivity contribution in [2.24, 2.45) is 0 Å². The maximum Gasteiger partial charge on any atom is 0.226 e. The standard InChI is InChI=1S/C19H16ClN5OS/c1-12-4-3-5-14(10-12)18-23-24-19(27-11-17-22-21-13(2)26-17)25(18)16-8-6-15(20)7-9-16/h3-10H,11H2,1-2H3. The van der Waals surface area contributed by atoms with E-state index in [9.17, 15) is 0 Å². The van der Waals surface area contributed by atoms with E-state index in [0.29, 0.717) is 22.6 Å². The van der Waals surface area contributed by atoms with E-state index >= 15 is 0 Å². The summed E-state index contributed by atoms with van der Waals surface area (Å²) in [6, 6.07) is 15.8. The molecule has 4 aromatic rings. The van der Waals surface area contributed by atoms with Crippen LogP contribution in [0.1, 0.15) is 17.3 Å². The first-order chi connectivity index (χ1) is 13.1. The fraction of sp³-hybridized carbons (Fsp3) is 0.158. The first kappa shape index (κ1) is 17.8. The summed E-state index contributed by atoms with van der Waals surface area (Å²) in [6.07, 6.45) is 0. The Morgan fingerprint density at radius 3 is 2.52 bits per heavy atom. The highest BCUT2D eigenvalue weighted by Crippen LogP contribution is 2.30. The van der Waals surface area contributed by atoms with Crippen LogP contribution in [0.3, 0.4) is 0 Å². The van der Waals surface area contributed by atoms with Crippen LogP contribution in [-0.4, -0.2) is 25.0 Å². The van der Waals surface area contributed by atoms with Gasteiger partial charge in [-0.05, 0) is 37.3 Å². The van der Waals surface area contributed by atoms with Crippen LogP contribution in [0, 0.1) is 13.8 Å². The van der Waals surface area contributed by atoms with Crippen LogP contribution in [0.25, 0.3) is 17.1 Å². The largest absolute Gasteiger partial charge is 0.425 e. The van der Waals surface area contributed by atoms with Gasteiger partial charge in [0.05, 0.1) is 5.75 Å². The van der Waals surface area contributed by atoms with Crippen LogP contribution < -0.4 is 0 Å². The number of aryl methyl sites for hydroxylation is 2. The van der Waals surface area contributed by atoms with Gasteiger partial charge < -0.3 is 4.42 Å². The van der Waals surface area contributed by atoms with Gasteiger partial charge in [0.15, 0.2) is 11.0 Å². The first-order valence-electron chi connectivity index (χ1n) is 8.30. The summed E-state index contributed by atoms with van der Waals surface area (Å²) in [4.78, 5) is 0. The number of hydrogen-bond donors (Lipinski definition) is 0. The molecule has 0 spiro atoms. The lowest BCUT2D eigenvalue weighted by molar-refractivity contribution is 0.485. The average Bonchev–Trinajstić information content (AvgIpc) is 3.27. The number of hydrogen-bond acceptors (Lipinski definition) is 6. The van der Waals surface area contributed by atoms with Crippen LogP contribution in [0.15, 0.2) is 58.1 Å². The zero-order valence-corrected chi connectivity index (χ0v) is 16.3. The predicted molar refractivity (Wildman–Crippen MR) is 105 cm³/mol. The van der Waals surface area contributed by atoms with Crippen LogP contribution in [-0.2, 0) is 5.75 Å². The van der Waals surface area contributed by atoms with Crippen LogP contribution in [0.2, 0.25) is 5.02 Å². The Bertz CT molecular complexity index is 1070. The van der Waals surface area contributed by atoms with Gasteiger partial charge in [-0.15, -0.1) is 20.4 Å². The van der Waals surface area contributed by atoms with E-state index in [1.165, 1.54) is 11.8 Å². The second-order valence-electron chi connectivity index (χ2n) is 5.99. The molecule has 0 atom stereocenters. The second kappa shape index (κ2) is 7.54. The smallest absolute Gasteiger partial charge is 0.226 e. The Hall–Kier alpha value is -2.64. The van der Waals surface area contributed by atoms with Gasteiger partial charge in [0, 0.05) is 23.2 Å². The zero-order valence-electron chi connectivity index (χ0n) is 14.8. The maximum atomic E-state index is 6.06. The van der Waals surface area contributed by atoms with E-state index in [1.54, 1.807) is 6.92 Å². The van der Waals surface area contributed by atoms with Crippen LogP contribution >= 0.6 is 23.4 Å². The minimum Gasteiger partial charge on any atom is -0.425 e. The van der Waals surface area contributed by atoms with Crippen molar-refractivity contribution >= 4 is 23.4 Å². The van der Waals surface area contributed by atoms with Crippen molar-refractivity contribution in [2.75, 3.05) is 0 Å². The topological polar surface area (TPSA) is 69.6 Å². The van der Waals surface area contributed by atoms with Gasteiger partial charge in [-0.1, -0.05) is 47.1 Å². The summed E-state index contributed by atoms with van der Waals surface area (Å²) in [6.45, 7) is 3.83. The van der Waals surface area contributed by atoms with Crippen LogP contribution in [0.5, 0.6) is 0 Å². The van der Waals surface area contributed by atoms with Crippen molar-refractivity contribution in [1.82, 2.24) is 25.0 Å². The lowest BCUT2D eigenvalue weighted by Crippen LogP contribution is -2.00. The summed E-state index contributed by atoms with van der Waals surface area (Å²) in [5.74, 6) is 2.39. The SMILES string of the molecule is Cc1cccc(-c2nnc(SCc3nnc(C)o3)n2-c2ccc(Cl)cc2)c1. The molecule has 2 aromatic heterocycles. The molecule has 2 aromatic carbocycles. The number of halogens is 1. The van der Waals surface area contributed by atoms with Gasteiger partial charge in [-0.25, -0.2) is 0 Å². The van der Waals surface area contributed by atoms with Gasteiger partial charge in [0.2, 0.25) is 11.8 Å². The molecule has 0 saturated carbocycles. The molecule has 0 unspecified atom stereocenters. The summed E-state index contributed by atoms with van der Waals surface area (Å²) >= 11 is 7.55. The lowest BCUT2D eigenvalue weighted by Gasteiger charge is -2.10. The predicted octanol–water partition coefficient (Wildman–Crippen LogP) is 4.88. The molecule has 0 aliphatic heterocycles. The maximum absolute atomic E-state index is 6.06. The molecule has 4 rings (SSSR count). The molecule has 8 heteroatoms. The summed E-state index contributed by atoms with van der Waals surface area (Å²) < 4.78 is 7.47. The van der Waals surface area contributed by atoms with Crippen molar-refractivity contribution in [2.45, 2.75) is 24.8 Å². The average molecular weight is 398 g/mol. The van der Waals surface area contributed by atoms with Crippen molar-refractivity contribution < 1.29 is 4.42 Å². The third kappa shape index (κ3) is 3.89. The number of thioether (sulfide) groups is 1. The third-order valence-corrected chi connectivity index (χ3v) is 5.05. The minimum atomic E-state index is 0.514. The van der Waals surface area contributed by atoms with Gasteiger partial charge in [-0.3, -0.25) is 4.57 Å². The summed E-state index contributed by atoms with van der Waals surface area (Å²) in [7, 11) is 0.